The largest absolute Gasteiger partial charge is 0.309 e. The Labute approximate surface area is 137 Å². The lowest BCUT2D eigenvalue weighted by molar-refractivity contribution is 0.0518. The normalized spacial score (nSPS) is 27.5. The van der Waals surface area contributed by atoms with Crippen LogP contribution in [0.25, 0.3) is 0 Å². The number of halogens is 1. The van der Waals surface area contributed by atoms with Crippen LogP contribution in [-0.4, -0.2) is 39.4 Å². The van der Waals surface area contributed by atoms with Crippen LogP contribution in [0.1, 0.15) is 45.5 Å². The Bertz CT molecular complexity index is 497. The average molecular weight is 357 g/mol. The van der Waals surface area contributed by atoms with Gasteiger partial charge in [-0.2, -0.15) is 5.10 Å². The predicted octanol–water partition coefficient (Wildman–Crippen LogP) is 3.09. The SMILES string of the molecule is CCC1(C)CN(Cc2c(Br)c(C)nn2C)C(C(C)C)CN1. The summed E-state index contributed by atoms with van der Waals surface area (Å²) in [5, 5.41) is 8.28. The second-order valence-electron chi connectivity index (χ2n) is 6.98. The quantitative estimate of drug-likeness (QED) is 0.899. The van der Waals surface area contributed by atoms with E-state index in [9.17, 15) is 0 Å². The van der Waals surface area contributed by atoms with E-state index >= 15 is 0 Å². The molecule has 1 aliphatic heterocycles. The Morgan fingerprint density at radius 2 is 2.14 bits per heavy atom. The smallest absolute Gasteiger partial charge is 0.0739 e. The second kappa shape index (κ2) is 6.39. The van der Waals surface area contributed by atoms with E-state index < -0.39 is 0 Å². The molecule has 0 spiro atoms. The third-order valence-corrected chi connectivity index (χ3v) is 5.95. The van der Waals surface area contributed by atoms with Gasteiger partial charge in [0, 0.05) is 38.3 Å². The molecule has 0 radical (unpaired) electrons. The van der Waals surface area contributed by atoms with Gasteiger partial charge in [-0.25, -0.2) is 0 Å². The van der Waals surface area contributed by atoms with Crippen LogP contribution in [0.2, 0.25) is 0 Å². The monoisotopic (exact) mass is 356 g/mol. The van der Waals surface area contributed by atoms with Crippen LogP contribution < -0.4 is 5.32 Å². The highest BCUT2D eigenvalue weighted by Gasteiger charge is 2.36. The summed E-state index contributed by atoms with van der Waals surface area (Å²) in [6, 6.07) is 0.576. The first-order chi connectivity index (χ1) is 9.77. The van der Waals surface area contributed by atoms with Crippen molar-refractivity contribution < 1.29 is 0 Å². The number of nitrogens with one attached hydrogen (secondary N) is 1. The lowest BCUT2D eigenvalue weighted by Crippen LogP contribution is -2.63. The van der Waals surface area contributed by atoms with Crippen LogP contribution in [0.4, 0.5) is 0 Å². The van der Waals surface area contributed by atoms with Gasteiger partial charge < -0.3 is 5.32 Å². The number of rotatable bonds is 4. The molecule has 1 N–H and O–H groups in total. The maximum Gasteiger partial charge on any atom is 0.0739 e. The summed E-state index contributed by atoms with van der Waals surface area (Å²) in [6.07, 6.45) is 1.15. The summed E-state index contributed by atoms with van der Waals surface area (Å²) in [5.41, 5.74) is 2.56. The fraction of sp³-hybridized carbons (Fsp3) is 0.812. The molecular weight excluding hydrogens is 328 g/mol. The molecule has 2 atom stereocenters. The van der Waals surface area contributed by atoms with Crippen molar-refractivity contribution in [2.45, 2.75) is 59.2 Å². The molecule has 1 aliphatic rings. The molecule has 2 heterocycles. The standard InChI is InChI=1S/C16H29BrN4/c1-7-16(5)10-21(13(8-18-16)11(2)3)9-14-15(17)12(4)19-20(14)6/h11,13,18H,7-10H2,1-6H3. The fourth-order valence-corrected chi connectivity index (χ4v) is 3.67. The number of hydrogen-bond donors (Lipinski definition) is 1. The number of nitrogens with zero attached hydrogens (tertiary/aromatic N) is 3. The zero-order valence-corrected chi connectivity index (χ0v) is 15.8. The molecule has 2 rings (SSSR count). The Balaban J connectivity index is 2.24. The third-order valence-electron chi connectivity index (χ3n) is 4.92. The zero-order valence-electron chi connectivity index (χ0n) is 14.2. The van der Waals surface area contributed by atoms with Gasteiger partial charge in [-0.05, 0) is 42.1 Å². The van der Waals surface area contributed by atoms with E-state index in [4.69, 9.17) is 0 Å². The zero-order chi connectivity index (χ0) is 15.8. The van der Waals surface area contributed by atoms with Crippen molar-refractivity contribution >= 4 is 15.9 Å². The molecule has 1 aromatic rings. The van der Waals surface area contributed by atoms with Crippen LogP contribution in [0.15, 0.2) is 4.47 Å². The summed E-state index contributed by atoms with van der Waals surface area (Å²) in [6.45, 7) is 14.4. The molecule has 1 aromatic heterocycles. The molecule has 0 aromatic carbocycles. The van der Waals surface area contributed by atoms with Gasteiger partial charge in [0.25, 0.3) is 0 Å². The molecule has 5 heteroatoms. The van der Waals surface area contributed by atoms with Gasteiger partial charge in [-0.1, -0.05) is 20.8 Å². The number of hydrogen-bond acceptors (Lipinski definition) is 3. The minimum atomic E-state index is 0.214. The fourth-order valence-electron chi connectivity index (χ4n) is 3.21. The number of aromatic nitrogens is 2. The highest BCUT2D eigenvalue weighted by molar-refractivity contribution is 9.10. The van der Waals surface area contributed by atoms with Crippen molar-refractivity contribution in [3.8, 4) is 0 Å². The lowest BCUT2D eigenvalue weighted by atomic mass is 9.90. The molecule has 0 amide bonds. The van der Waals surface area contributed by atoms with E-state index in [1.807, 2.05) is 11.7 Å². The maximum atomic E-state index is 4.53. The first-order valence-electron chi connectivity index (χ1n) is 7.94. The predicted molar refractivity (Wildman–Crippen MR) is 91.4 cm³/mol. The van der Waals surface area contributed by atoms with Crippen LogP contribution in [0, 0.1) is 12.8 Å². The highest BCUT2D eigenvalue weighted by atomic mass is 79.9. The Hall–Kier alpha value is -0.390. The van der Waals surface area contributed by atoms with Gasteiger partial charge >= 0.3 is 0 Å². The second-order valence-corrected chi connectivity index (χ2v) is 7.77. The Morgan fingerprint density at radius 3 is 2.62 bits per heavy atom. The molecule has 1 saturated heterocycles. The highest BCUT2D eigenvalue weighted by Crippen LogP contribution is 2.27. The van der Waals surface area contributed by atoms with Crippen molar-refractivity contribution in [1.82, 2.24) is 20.0 Å². The van der Waals surface area contributed by atoms with E-state index in [2.05, 4.69) is 65.9 Å². The van der Waals surface area contributed by atoms with E-state index in [1.54, 1.807) is 0 Å². The third kappa shape index (κ3) is 3.51. The summed E-state index contributed by atoms with van der Waals surface area (Å²) in [7, 11) is 2.04. The topological polar surface area (TPSA) is 33.1 Å². The number of piperazine rings is 1. The van der Waals surface area contributed by atoms with Gasteiger partial charge in [0.1, 0.15) is 0 Å². The van der Waals surface area contributed by atoms with Crippen molar-refractivity contribution in [3.63, 3.8) is 0 Å². The van der Waals surface area contributed by atoms with Crippen molar-refractivity contribution in [2.24, 2.45) is 13.0 Å². The van der Waals surface area contributed by atoms with Gasteiger partial charge in [-0.3, -0.25) is 9.58 Å². The number of aryl methyl sites for hydroxylation is 2. The summed E-state index contributed by atoms with van der Waals surface area (Å²) < 4.78 is 3.17. The molecule has 0 aliphatic carbocycles. The van der Waals surface area contributed by atoms with Gasteiger partial charge in [0.15, 0.2) is 0 Å². The van der Waals surface area contributed by atoms with Gasteiger partial charge in [0.05, 0.1) is 15.9 Å². The van der Waals surface area contributed by atoms with E-state index in [-0.39, 0.29) is 5.54 Å². The average Bonchev–Trinajstić information content (AvgIpc) is 2.65. The van der Waals surface area contributed by atoms with E-state index in [0.29, 0.717) is 12.0 Å². The van der Waals surface area contributed by atoms with Crippen molar-refractivity contribution in [3.05, 3.63) is 15.9 Å². The molecule has 2 unspecified atom stereocenters. The summed E-state index contributed by atoms with van der Waals surface area (Å²) in [4.78, 5) is 2.63. The van der Waals surface area contributed by atoms with Crippen molar-refractivity contribution in [1.29, 1.82) is 0 Å². The van der Waals surface area contributed by atoms with E-state index in [0.717, 1.165) is 36.2 Å². The van der Waals surface area contributed by atoms with Crippen LogP contribution >= 0.6 is 15.9 Å². The molecular formula is C16H29BrN4. The van der Waals surface area contributed by atoms with Gasteiger partial charge in [-0.15, -0.1) is 0 Å². The van der Waals surface area contributed by atoms with Crippen LogP contribution in [0.5, 0.6) is 0 Å². The first kappa shape index (κ1) is 17.0. The molecule has 0 saturated carbocycles. The molecule has 4 nitrogen and oxygen atoms in total. The molecule has 120 valence electrons. The van der Waals surface area contributed by atoms with Crippen molar-refractivity contribution in [2.75, 3.05) is 13.1 Å². The maximum absolute atomic E-state index is 4.53. The van der Waals surface area contributed by atoms with Crippen LogP contribution in [-0.2, 0) is 13.6 Å². The molecule has 0 bridgehead atoms. The van der Waals surface area contributed by atoms with E-state index in [1.165, 1.54) is 5.69 Å². The summed E-state index contributed by atoms with van der Waals surface area (Å²) in [5.74, 6) is 0.645. The molecule has 1 fully saturated rings. The summed E-state index contributed by atoms with van der Waals surface area (Å²) >= 11 is 3.70. The Kier molecular flexibility index (Phi) is 5.16. The minimum Gasteiger partial charge on any atom is -0.309 e. The van der Waals surface area contributed by atoms with Gasteiger partial charge in [0.2, 0.25) is 0 Å². The minimum absolute atomic E-state index is 0.214. The lowest BCUT2D eigenvalue weighted by Gasteiger charge is -2.47. The molecule has 21 heavy (non-hydrogen) atoms. The first-order valence-corrected chi connectivity index (χ1v) is 8.73. The Morgan fingerprint density at radius 1 is 1.48 bits per heavy atom. The van der Waals surface area contributed by atoms with Crippen LogP contribution in [0.3, 0.4) is 0 Å².